The maximum absolute atomic E-state index is 13.0. The molecule has 1 aliphatic rings. The predicted molar refractivity (Wildman–Crippen MR) is 158 cm³/mol. The zero-order valence-electron chi connectivity index (χ0n) is 22.6. The molecule has 2 aromatic carbocycles. The number of carbonyl (C=O) groups is 1. The molecule has 3 heterocycles. The van der Waals surface area contributed by atoms with Crippen molar-refractivity contribution in [3.8, 4) is 11.4 Å². The lowest BCUT2D eigenvalue weighted by atomic mass is 9.96. The summed E-state index contributed by atoms with van der Waals surface area (Å²) < 4.78 is 7.60. The van der Waals surface area contributed by atoms with Gasteiger partial charge in [-0.3, -0.25) is 9.78 Å². The van der Waals surface area contributed by atoms with Crippen molar-refractivity contribution in [1.29, 1.82) is 0 Å². The van der Waals surface area contributed by atoms with Crippen molar-refractivity contribution in [2.24, 2.45) is 0 Å². The summed E-state index contributed by atoms with van der Waals surface area (Å²) in [5.74, 6) is 0.771. The van der Waals surface area contributed by atoms with E-state index in [1.807, 2.05) is 61.5 Å². The molecule has 0 spiro atoms. The molecule has 1 amide bonds. The molecule has 0 bridgehead atoms. The van der Waals surface area contributed by atoms with Crippen LogP contribution in [0.5, 0.6) is 5.75 Å². The number of aromatic nitrogens is 2. The van der Waals surface area contributed by atoms with Crippen molar-refractivity contribution in [3.63, 3.8) is 0 Å². The van der Waals surface area contributed by atoms with E-state index in [9.17, 15) is 4.79 Å². The Kier molecular flexibility index (Phi) is 7.65. The fourth-order valence-electron chi connectivity index (χ4n) is 5.35. The fraction of sp³-hybridized carbons (Fsp3) is 0.258. The zero-order chi connectivity index (χ0) is 27.5. The molecule has 0 aliphatic carbocycles. The van der Waals surface area contributed by atoms with Gasteiger partial charge in [-0.15, -0.1) is 0 Å². The first-order valence-electron chi connectivity index (χ1n) is 13.0. The third kappa shape index (κ3) is 5.38. The van der Waals surface area contributed by atoms with Gasteiger partial charge in [-0.25, -0.2) is 0 Å². The minimum atomic E-state index is -0.150. The summed E-state index contributed by atoms with van der Waals surface area (Å²) in [6, 6.07) is 23.7. The number of hydrogen-bond acceptors (Lipinski definition) is 4. The van der Waals surface area contributed by atoms with Gasteiger partial charge >= 0.3 is 0 Å². The number of nitrogens with one attached hydrogen (secondary N) is 2. The van der Waals surface area contributed by atoms with Crippen molar-refractivity contribution in [2.45, 2.75) is 39.3 Å². The van der Waals surface area contributed by atoms with Gasteiger partial charge in [0.1, 0.15) is 5.75 Å². The van der Waals surface area contributed by atoms with E-state index in [1.165, 1.54) is 0 Å². The summed E-state index contributed by atoms with van der Waals surface area (Å²) >= 11 is 5.84. The van der Waals surface area contributed by atoms with Crippen LogP contribution in [0.15, 0.2) is 79.0 Å². The van der Waals surface area contributed by atoms with E-state index < -0.39 is 0 Å². The molecule has 2 atom stereocenters. The normalized spacial score (nSPS) is 16.7. The molecule has 8 heteroatoms. The monoisotopic (exact) mass is 539 g/mol. The van der Waals surface area contributed by atoms with Crippen LogP contribution >= 0.6 is 12.2 Å². The highest BCUT2D eigenvalue weighted by Crippen LogP contribution is 2.41. The number of hydrogen-bond donors (Lipinski definition) is 2. The number of benzene rings is 2. The molecule has 1 aliphatic heterocycles. The zero-order valence-corrected chi connectivity index (χ0v) is 23.5. The topological polar surface area (TPSA) is 71.4 Å². The molecule has 5 rings (SSSR count). The molecule has 2 aromatic heterocycles. The first-order chi connectivity index (χ1) is 18.9. The van der Waals surface area contributed by atoms with Crippen LogP contribution in [0.2, 0.25) is 0 Å². The Balaban J connectivity index is 1.47. The molecule has 0 radical (unpaired) electrons. The maximum atomic E-state index is 13.0. The molecule has 1 fully saturated rings. The summed E-state index contributed by atoms with van der Waals surface area (Å²) in [6.07, 6.45) is 2.11. The van der Waals surface area contributed by atoms with Crippen molar-refractivity contribution in [3.05, 3.63) is 107 Å². The van der Waals surface area contributed by atoms with Crippen molar-refractivity contribution in [2.75, 3.05) is 19.0 Å². The van der Waals surface area contributed by atoms with Crippen LogP contribution in [-0.2, 0) is 4.79 Å². The first kappa shape index (κ1) is 26.4. The Morgan fingerprint density at radius 3 is 2.49 bits per heavy atom. The Labute approximate surface area is 234 Å². The largest absolute Gasteiger partial charge is 0.497 e. The standard InChI is InChI=1S/C31H33N5O2S/c1-20-9-5-6-10-26(20)33-28(37)16-18-35-30(29(34-31(35)39)27-11-7-8-17-32-27)25-19-21(2)36(22(25)3)23-12-14-24(38-4)15-13-23/h5-15,17,19,29-30H,16,18H2,1-4H3,(H,33,37)(H,34,39)/t29-,30-/m0/s1. The second-order valence-corrected chi connectivity index (χ2v) is 10.2. The van der Waals surface area contributed by atoms with Crippen molar-refractivity contribution >= 4 is 28.9 Å². The quantitative estimate of drug-likeness (QED) is 0.276. The molecule has 7 nitrogen and oxygen atoms in total. The van der Waals surface area contributed by atoms with E-state index >= 15 is 0 Å². The Morgan fingerprint density at radius 2 is 1.79 bits per heavy atom. The average molecular weight is 540 g/mol. The maximum Gasteiger partial charge on any atom is 0.226 e. The highest BCUT2D eigenvalue weighted by Gasteiger charge is 2.41. The van der Waals surface area contributed by atoms with Gasteiger partial charge in [0.25, 0.3) is 0 Å². The second-order valence-electron chi connectivity index (χ2n) is 9.79. The fourth-order valence-corrected chi connectivity index (χ4v) is 5.68. The van der Waals surface area contributed by atoms with Gasteiger partial charge in [0.2, 0.25) is 5.91 Å². The molecule has 0 saturated carbocycles. The van der Waals surface area contributed by atoms with E-state index in [0.717, 1.165) is 45.3 Å². The lowest BCUT2D eigenvalue weighted by Gasteiger charge is -2.28. The number of para-hydroxylation sites is 1. The number of nitrogens with zero attached hydrogens (tertiary/aromatic N) is 3. The Bertz CT molecular complexity index is 1480. The lowest BCUT2D eigenvalue weighted by Crippen LogP contribution is -2.33. The number of aryl methyl sites for hydroxylation is 2. The third-order valence-corrected chi connectivity index (χ3v) is 7.67. The molecular weight excluding hydrogens is 506 g/mol. The van der Waals surface area contributed by atoms with Gasteiger partial charge in [-0.05, 0) is 92.6 Å². The third-order valence-electron chi connectivity index (χ3n) is 7.32. The van der Waals surface area contributed by atoms with Crippen LogP contribution in [0.1, 0.15) is 46.7 Å². The number of amides is 1. The van der Waals surface area contributed by atoms with E-state index in [4.69, 9.17) is 17.0 Å². The van der Waals surface area contributed by atoms with Gasteiger partial charge in [-0.1, -0.05) is 24.3 Å². The number of ether oxygens (including phenoxy) is 1. The van der Waals surface area contributed by atoms with Crippen LogP contribution in [-0.4, -0.2) is 39.1 Å². The van der Waals surface area contributed by atoms with Gasteiger partial charge < -0.3 is 24.8 Å². The van der Waals surface area contributed by atoms with E-state index in [2.05, 4.69) is 57.1 Å². The molecule has 200 valence electrons. The summed E-state index contributed by atoms with van der Waals surface area (Å²) in [6.45, 7) is 6.70. The number of methoxy groups -OCH3 is 1. The SMILES string of the molecule is COc1ccc(-n2c(C)cc([C@H]3[C@H](c4ccccn4)NC(=S)N3CCC(=O)Nc3ccccc3C)c2C)cc1. The van der Waals surface area contributed by atoms with Gasteiger partial charge in [0.15, 0.2) is 5.11 Å². The highest BCUT2D eigenvalue weighted by atomic mass is 32.1. The van der Waals surface area contributed by atoms with Crippen LogP contribution in [0, 0.1) is 20.8 Å². The Hall–Kier alpha value is -4.17. The van der Waals surface area contributed by atoms with Crippen LogP contribution in [0.25, 0.3) is 5.69 Å². The van der Waals surface area contributed by atoms with Crippen LogP contribution < -0.4 is 15.4 Å². The molecule has 0 unspecified atom stereocenters. The van der Waals surface area contributed by atoms with Crippen LogP contribution in [0.4, 0.5) is 5.69 Å². The van der Waals surface area contributed by atoms with Gasteiger partial charge in [-0.2, -0.15) is 0 Å². The number of thiocarbonyl (C=S) groups is 1. The molecule has 1 saturated heterocycles. The minimum absolute atomic E-state index is 0.0455. The van der Waals surface area contributed by atoms with E-state index in [0.29, 0.717) is 18.1 Å². The molecular formula is C31H33N5O2S. The minimum Gasteiger partial charge on any atom is -0.497 e. The van der Waals surface area contributed by atoms with Crippen molar-refractivity contribution in [1.82, 2.24) is 19.8 Å². The average Bonchev–Trinajstić information content (AvgIpc) is 3.43. The van der Waals surface area contributed by atoms with E-state index in [1.54, 1.807) is 13.3 Å². The van der Waals surface area contributed by atoms with Crippen molar-refractivity contribution < 1.29 is 9.53 Å². The van der Waals surface area contributed by atoms with Gasteiger partial charge in [0, 0.05) is 41.9 Å². The number of anilines is 1. The second kappa shape index (κ2) is 11.3. The van der Waals surface area contributed by atoms with Crippen LogP contribution in [0.3, 0.4) is 0 Å². The smallest absolute Gasteiger partial charge is 0.226 e. The van der Waals surface area contributed by atoms with E-state index in [-0.39, 0.29) is 18.0 Å². The lowest BCUT2D eigenvalue weighted by molar-refractivity contribution is -0.116. The number of rotatable bonds is 8. The summed E-state index contributed by atoms with van der Waals surface area (Å²) in [7, 11) is 1.67. The van der Waals surface area contributed by atoms with Gasteiger partial charge in [0.05, 0.1) is 24.9 Å². The molecule has 39 heavy (non-hydrogen) atoms. The predicted octanol–water partition coefficient (Wildman–Crippen LogP) is 5.81. The summed E-state index contributed by atoms with van der Waals surface area (Å²) in [4.78, 5) is 19.7. The Morgan fingerprint density at radius 1 is 1.05 bits per heavy atom. The highest BCUT2D eigenvalue weighted by molar-refractivity contribution is 7.80. The molecule has 2 N–H and O–H groups in total. The summed E-state index contributed by atoms with van der Waals surface area (Å²) in [5.41, 5.74) is 7.20. The number of carbonyl (C=O) groups excluding carboxylic acids is 1. The molecule has 4 aromatic rings. The first-order valence-corrected chi connectivity index (χ1v) is 13.4. The summed E-state index contributed by atoms with van der Waals surface area (Å²) in [5, 5.41) is 7.16. The number of pyridine rings is 1.